The summed E-state index contributed by atoms with van der Waals surface area (Å²) in [5, 5.41) is 10.6. The van der Waals surface area contributed by atoms with E-state index in [1.807, 2.05) is 55.9 Å². The van der Waals surface area contributed by atoms with E-state index in [2.05, 4.69) is 4.98 Å². The zero-order valence-corrected chi connectivity index (χ0v) is 22.5. The Kier molecular flexibility index (Phi) is 8.20. The van der Waals surface area contributed by atoms with E-state index in [-0.39, 0.29) is 29.7 Å². The Balaban J connectivity index is 1.85. The van der Waals surface area contributed by atoms with Crippen molar-refractivity contribution < 1.29 is 23.9 Å². The molecule has 3 aromatic rings. The number of fused-ring (bicyclic) bond motifs is 1. The molecule has 1 aliphatic rings. The van der Waals surface area contributed by atoms with E-state index >= 15 is 0 Å². The third kappa shape index (κ3) is 5.60. The minimum Gasteiger partial charge on any atom is -0.476 e. The molecule has 2 atom stereocenters. The van der Waals surface area contributed by atoms with Gasteiger partial charge in [0.2, 0.25) is 11.8 Å². The number of likely N-dealkylation sites (tertiary alicyclic amines) is 1. The maximum absolute atomic E-state index is 14.0. The van der Waals surface area contributed by atoms with Crippen molar-refractivity contribution in [2.24, 2.45) is 18.7 Å². The summed E-state index contributed by atoms with van der Waals surface area (Å²) in [5.41, 5.74) is 7.99. The van der Waals surface area contributed by atoms with Gasteiger partial charge in [0, 0.05) is 43.7 Å². The molecule has 10 nitrogen and oxygen atoms in total. The van der Waals surface area contributed by atoms with Crippen molar-refractivity contribution in [2.45, 2.75) is 65.0 Å². The number of carboxylic acid groups (broad SMARTS) is 1. The number of carbonyl (C=O) groups is 3. The molecule has 3 heterocycles. The minimum atomic E-state index is -1.24. The fourth-order valence-electron chi connectivity index (χ4n) is 5.25. The third-order valence-corrected chi connectivity index (χ3v) is 7.12. The fraction of sp³-hybridized carbons (Fsp3) is 0.500. The van der Waals surface area contributed by atoms with E-state index in [0.29, 0.717) is 19.5 Å². The van der Waals surface area contributed by atoms with Gasteiger partial charge in [-0.3, -0.25) is 4.79 Å². The number of carboxylic acids is 1. The molecule has 4 rings (SSSR count). The van der Waals surface area contributed by atoms with Gasteiger partial charge in [-0.05, 0) is 50.2 Å². The van der Waals surface area contributed by atoms with E-state index in [1.165, 1.54) is 11.8 Å². The van der Waals surface area contributed by atoms with Crippen molar-refractivity contribution >= 4 is 28.8 Å². The lowest BCUT2D eigenvalue weighted by Gasteiger charge is -2.36. The number of para-hydroxylation sites is 1. The summed E-state index contributed by atoms with van der Waals surface area (Å²) in [7, 11) is 1.93. The van der Waals surface area contributed by atoms with Crippen molar-refractivity contribution in [3.05, 3.63) is 53.4 Å². The molecule has 1 aromatic carbocycles. The molecule has 1 unspecified atom stereocenters. The van der Waals surface area contributed by atoms with Gasteiger partial charge in [-0.1, -0.05) is 32.0 Å². The number of aryl methyl sites for hydroxylation is 2. The lowest BCUT2D eigenvalue weighted by atomic mass is 10.00. The van der Waals surface area contributed by atoms with Gasteiger partial charge < -0.3 is 24.7 Å². The topological polar surface area (TPSA) is 135 Å². The monoisotopic (exact) mass is 523 g/mol. The molecule has 204 valence electrons. The standard InChI is InChI=1S/C28H37N5O5/c1-17(2)14-21(29)26(34)33(28(37)32-12-8-5-9-13-32)23(25-30-24(27(35)36)18(3)38-25)15-19-16-31(4)22-11-7-6-10-20(19)22/h6-7,10-11,16-17,21,23H,5,8-9,12-15,29H2,1-4H3,(H,35,36)/t21?,23-/m1/s1. The second kappa shape index (κ2) is 11.4. The van der Waals surface area contributed by atoms with Crippen LogP contribution in [-0.4, -0.2) is 61.5 Å². The molecular weight excluding hydrogens is 486 g/mol. The molecule has 2 aromatic heterocycles. The number of nitrogens with two attached hydrogens (primary N) is 1. The van der Waals surface area contributed by atoms with Crippen LogP contribution in [0.3, 0.4) is 0 Å². The summed E-state index contributed by atoms with van der Waals surface area (Å²) >= 11 is 0. The van der Waals surface area contributed by atoms with Gasteiger partial charge in [0.05, 0.1) is 6.04 Å². The van der Waals surface area contributed by atoms with Gasteiger partial charge in [-0.15, -0.1) is 0 Å². The van der Waals surface area contributed by atoms with Crippen molar-refractivity contribution in [3.8, 4) is 0 Å². The van der Waals surface area contributed by atoms with Crippen molar-refractivity contribution in [1.29, 1.82) is 0 Å². The van der Waals surface area contributed by atoms with E-state index in [0.717, 1.165) is 35.7 Å². The predicted octanol–water partition coefficient (Wildman–Crippen LogP) is 4.26. The van der Waals surface area contributed by atoms with Crippen LogP contribution in [0.15, 0.2) is 34.9 Å². The molecule has 1 aliphatic heterocycles. The van der Waals surface area contributed by atoms with Crippen LogP contribution >= 0.6 is 0 Å². The number of aromatic nitrogens is 2. The number of rotatable bonds is 8. The van der Waals surface area contributed by atoms with Crippen LogP contribution in [0.4, 0.5) is 4.79 Å². The number of hydrogen-bond donors (Lipinski definition) is 2. The predicted molar refractivity (Wildman–Crippen MR) is 143 cm³/mol. The zero-order valence-electron chi connectivity index (χ0n) is 22.5. The van der Waals surface area contributed by atoms with Gasteiger partial charge in [0.1, 0.15) is 11.8 Å². The first-order valence-corrected chi connectivity index (χ1v) is 13.2. The van der Waals surface area contributed by atoms with Gasteiger partial charge in [0.25, 0.3) is 0 Å². The molecule has 3 N–H and O–H groups in total. The molecule has 0 bridgehead atoms. The summed E-state index contributed by atoms with van der Waals surface area (Å²) in [4.78, 5) is 46.9. The van der Waals surface area contributed by atoms with Crippen LogP contribution in [0.1, 0.15) is 73.3 Å². The first-order valence-electron chi connectivity index (χ1n) is 13.2. The number of imide groups is 1. The Morgan fingerprint density at radius 1 is 1.16 bits per heavy atom. The second-order valence-corrected chi connectivity index (χ2v) is 10.5. The molecule has 1 saturated heterocycles. The summed E-state index contributed by atoms with van der Waals surface area (Å²) < 4.78 is 7.83. The van der Waals surface area contributed by atoms with Crippen molar-refractivity contribution in [1.82, 2.24) is 19.4 Å². The zero-order chi connectivity index (χ0) is 27.6. The summed E-state index contributed by atoms with van der Waals surface area (Å²) in [5.74, 6) is -1.51. The third-order valence-electron chi connectivity index (χ3n) is 7.12. The number of benzene rings is 1. The average molecular weight is 524 g/mol. The van der Waals surface area contributed by atoms with Crippen LogP contribution < -0.4 is 5.73 Å². The first-order chi connectivity index (χ1) is 18.1. The number of nitrogens with zero attached hydrogens (tertiary/aromatic N) is 4. The highest BCUT2D eigenvalue weighted by molar-refractivity contribution is 5.97. The first kappa shape index (κ1) is 27.4. The lowest BCUT2D eigenvalue weighted by molar-refractivity contribution is -0.133. The lowest BCUT2D eigenvalue weighted by Crippen LogP contribution is -2.54. The SMILES string of the molecule is Cc1oc([C@@H](Cc2cn(C)c3ccccc23)N(C(=O)C(N)CC(C)C)C(=O)N2CCCCC2)nc1C(=O)O. The Bertz CT molecular complexity index is 1320. The fourth-order valence-corrected chi connectivity index (χ4v) is 5.25. The van der Waals surface area contributed by atoms with Crippen molar-refractivity contribution in [2.75, 3.05) is 13.1 Å². The highest BCUT2D eigenvalue weighted by atomic mass is 16.4. The quantitative estimate of drug-likeness (QED) is 0.450. The van der Waals surface area contributed by atoms with E-state index < -0.39 is 30.0 Å². The van der Waals surface area contributed by atoms with E-state index in [9.17, 15) is 19.5 Å². The molecule has 38 heavy (non-hydrogen) atoms. The van der Waals surface area contributed by atoms with Crippen LogP contribution in [0.2, 0.25) is 0 Å². The summed E-state index contributed by atoms with van der Waals surface area (Å²) in [6, 6.07) is 5.51. The van der Waals surface area contributed by atoms with Crippen molar-refractivity contribution in [3.63, 3.8) is 0 Å². The Morgan fingerprint density at radius 3 is 2.47 bits per heavy atom. The maximum atomic E-state index is 14.0. The van der Waals surface area contributed by atoms with E-state index in [1.54, 1.807) is 4.90 Å². The van der Waals surface area contributed by atoms with Crippen LogP contribution in [0.5, 0.6) is 0 Å². The minimum absolute atomic E-state index is 0.00305. The number of amides is 3. The van der Waals surface area contributed by atoms with Crippen LogP contribution in [0, 0.1) is 12.8 Å². The largest absolute Gasteiger partial charge is 0.476 e. The van der Waals surface area contributed by atoms with Gasteiger partial charge in [0.15, 0.2) is 5.69 Å². The summed E-state index contributed by atoms with van der Waals surface area (Å²) in [6.45, 7) is 6.52. The van der Waals surface area contributed by atoms with Crippen LogP contribution in [0.25, 0.3) is 10.9 Å². The Hall–Kier alpha value is -3.66. The van der Waals surface area contributed by atoms with Gasteiger partial charge >= 0.3 is 12.0 Å². The maximum Gasteiger partial charge on any atom is 0.358 e. The molecule has 0 spiro atoms. The van der Waals surface area contributed by atoms with Crippen LogP contribution in [-0.2, 0) is 18.3 Å². The van der Waals surface area contributed by atoms with Gasteiger partial charge in [-0.2, -0.15) is 0 Å². The second-order valence-electron chi connectivity index (χ2n) is 10.5. The Morgan fingerprint density at radius 2 is 1.84 bits per heavy atom. The molecular formula is C28H37N5O5. The Labute approximate surface area is 222 Å². The molecule has 0 radical (unpaired) electrons. The average Bonchev–Trinajstić information content (AvgIpc) is 3.43. The number of hydrogen-bond acceptors (Lipinski definition) is 6. The molecule has 0 saturated carbocycles. The molecule has 10 heteroatoms. The molecule has 3 amide bonds. The number of oxazole rings is 1. The normalized spacial score (nSPS) is 15.6. The number of piperidine rings is 1. The highest BCUT2D eigenvalue weighted by Gasteiger charge is 2.40. The smallest absolute Gasteiger partial charge is 0.358 e. The van der Waals surface area contributed by atoms with Gasteiger partial charge in [-0.25, -0.2) is 19.5 Å². The number of carbonyl (C=O) groups excluding carboxylic acids is 2. The molecule has 1 fully saturated rings. The highest BCUT2D eigenvalue weighted by Crippen LogP contribution is 2.32. The molecule has 0 aliphatic carbocycles. The summed E-state index contributed by atoms with van der Waals surface area (Å²) in [6.07, 6.45) is 5.26. The number of urea groups is 1. The number of aromatic carboxylic acids is 1. The van der Waals surface area contributed by atoms with E-state index in [4.69, 9.17) is 10.2 Å².